The summed E-state index contributed by atoms with van der Waals surface area (Å²) in [7, 11) is 0. The largest absolute Gasteiger partial charge is 0.433 e. The van der Waals surface area contributed by atoms with Gasteiger partial charge in [0.15, 0.2) is 5.76 Å². The molecule has 0 unspecified atom stereocenters. The highest BCUT2D eigenvalue weighted by molar-refractivity contribution is 5.91. The van der Waals surface area contributed by atoms with Crippen molar-refractivity contribution in [3.05, 3.63) is 62.9 Å². The van der Waals surface area contributed by atoms with Crippen molar-refractivity contribution in [2.24, 2.45) is 0 Å². The third kappa shape index (κ3) is 2.77. The van der Waals surface area contributed by atoms with Gasteiger partial charge in [0.05, 0.1) is 6.07 Å². The van der Waals surface area contributed by atoms with Crippen LogP contribution in [0.1, 0.15) is 27.2 Å². The number of furan rings is 1. The van der Waals surface area contributed by atoms with Crippen molar-refractivity contribution < 1.29 is 14.1 Å². The first kappa shape index (κ1) is 13.3. The number of nitrogens with one attached hydrogen (secondary N) is 2. The Balaban J connectivity index is 1.64. The lowest BCUT2D eigenvalue weighted by Gasteiger charge is -2.05. The molecule has 0 radical (unpaired) electrons. The van der Waals surface area contributed by atoms with Crippen LogP contribution in [-0.4, -0.2) is 10.8 Å². The molecule has 1 aromatic heterocycles. The van der Waals surface area contributed by atoms with Crippen molar-refractivity contribution in [2.45, 2.75) is 19.6 Å². The highest BCUT2D eigenvalue weighted by Crippen LogP contribution is 2.18. The molecular weight excluding hydrogens is 274 g/mol. The lowest BCUT2D eigenvalue weighted by atomic mass is 10.1. The van der Waals surface area contributed by atoms with E-state index < -0.39 is 16.7 Å². The third-order valence-corrected chi connectivity index (χ3v) is 3.35. The van der Waals surface area contributed by atoms with Crippen LogP contribution in [-0.2, 0) is 19.6 Å². The van der Waals surface area contributed by atoms with Crippen LogP contribution < -0.4 is 10.6 Å². The maximum Gasteiger partial charge on any atom is 0.433 e. The average molecular weight is 287 g/mol. The van der Waals surface area contributed by atoms with Crippen molar-refractivity contribution in [1.29, 1.82) is 0 Å². The molecule has 21 heavy (non-hydrogen) atoms. The number of nitrogens with zero attached hydrogens (tertiary/aromatic N) is 1. The van der Waals surface area contributed by atoms with Crippen molar-refractivity contribution in [1.82, 2.24) is 10.6 Å². The topological polar surface area (TPSA) is 97.4 Å². The summed E-state index contributed by atoms with van der Waals surface area (Å²) >= 11 is 0. The predicted molar refractivity (Wildman–Crippen MR) is 73.5 cm³/mol. The summed E-state index contributed by atoms with van der Waals surface area (Å²) in [6, 6.07) is 8.49. The molecule has 108 valence electrons. The van der Waals surface area contributed by atoms with E-state index in [1.807, 2.05) is 18.2 Å². The fraction of sp³-hybridized carbons (Fsp3) is 0.214. The molecule has 2 N–H and O–H groups in total. The minimum absolute atomic E-state index is 0.0653. The van der Waals surface area contributed by atoms with Crippen LogP contribution in [0.4, 0.5) is 5.88 Å². The van der Waals surface area contributed by atoms with Gasteiger partial charge in [-0.15, -0.1) is 0 Å². The number of nitro groups is 1. The summed E-state index contributed by atoms with van der Waals surface area (Å²) in [6.07, 6.45) is 0. The quantitative estimate of drug-likeness (QED) is 0.659. The van der Waals surface area contributed by atoms with Crippen LogP contribution in [0, 0.1) is 10.1 Å². The van der Waals surface area contributed by atoms with Crippen molar-refractivity contribution >= 4 is 11.8 Å². The number of benzene rings is 1. The van der Waals surface area contributed by atoms with E-state index in [1.54, 1.807) is 0 Å². The molecule has 1 aliphatic heterocycles. The van der Waals surface area contributed by atoms with Crippen LogP contribution in [0.3, 0.4) is 0 Å². The second-order valence-electron chi connectivity index (χ2n) is 4.78. The second-order valence-corrected chi connectivity index (χ2v) is 4.78. The highest BCUT2D eigenvalue weighted by Gasteiger charge is 2.17. The number of fused-ring (bicyclic) bond motifs is 1. The van der Waals surface area contributed by atoms with E-state index in [0.29, 0.717) is 6.54 Å². The molecule has 0 spiro atoms. The maximum absolute atomic E-state index is 11.8. The van der Waals surface area contributed by atoms with Gasteiger partial charge in [-0.3, -0.25) is 14.9 Å². The van der Waals surface area contributed by atoms with Gasteiger partial charge in [0, 0.05) is 19.6 Å². The van der Waals surface area contributed by atoms with Crippen molar-refractivity contribution in [3.8, 4) is 0 Å². The molecule has 7 heteroatoms. The molecule has 2 aromatic rings. The number of carbonyl (C=O) groups is 1. The molecule has 0 saturated carbocycles. The zero-order chi connectivity index (χ0) is 14.8. The lowest BCUT2D eigenvalue weighted by Crippen LogP contribution is -2.22. The molecule has 0 aliphatic carbocycles. The Morgan fingerprint density at radius 1 is 1.29 bits per heavy atom. The first-order valence-corrected chi connectivity index (χ1v) is 6.47. The van der Waals surface area contributed by atoms with E-state index in [1.165, 1.54) is 17.2 Å². The summed E-state index contributed by atoms with van der Waals surface area (Å²) in [6.45, 7) is 2.06. The minimum Gasteiger partial charge on any atom is -0.395 e. The number of hydrogen-bond acceptors (Lipinski definition) is 5. The van der Waals surface area contributed by atoms with E-state index in [0.717, 1.165) is 24.7 Å². The Hall–Kier alpha value is -2.67. The van der Waals surface area contributed by atoms with Gasteiger partial charge in [-0.05, 0) is 22.8 Å². The Bertz CT molecular complexity index is 708. The molecule has 1 aromatic carbocycles. The van der Waals surface area contributed by atoms with Crippen LogP contribution in [0.5, 0.6) is 0 Å². The molecular formula is C14H13N3O4. The van der Waals surface area contributed by atoms with Gasteiger partial charge in [0.25, 0.3) is 5.91 Å². The molecule has 0 fully saturated rings. The van der Waals surface area contributed by atoms with Gasteiger partial charge in [0.1, 0.15) is 4.92 Å². The zero-order valence-electron chi connectivity index (χ0n) is 11.1. The molecule has 0 bridgehead atoms. The van der Waals surface area contributed by atoms with Crippen molar-refractivity contribution in [2.75, 3.05) is 0 Å². The highest BCUT2D eigenvalue weighted by atomic mass is 16.6. The number of rotatable bonds is 4. The number of hydrogen-bond donors (Lipinski definition) is 2. The molecule has 2 heterocycles. The van der Waals surface area contributed by atoms with Gasteiger partial charge in [-0.1, -0.05) is 18.2 Å². The van der Waals surface area contributed by atoms with Crippen LogP contribution in [0.15, 0.2) is 34.7 Å². The van der Waals surface area contributed by atoms with Gasteiger partial charge < -0.3 is 15.1 Å². The number of carbonyl (C=O) groups excluding carboxylic acids is 1. The monoisotopic (exact) mass is 287 g/mol. The van der Waals surface area contributed by atoms with E-state index >= 15 is 0 Å². The number of amides is 1. The second kappa shape index (κ2) is 5.37. The van der Waals surface area contributed by atoms with E-state index in [4.69, 9.17) is 4.42 Å². The molecule has 7 nitrogen and oxygen atoms in total. The SMILES string of the molecule is O=C(NCc1ccc2c(c1)CNC2)c1ccc([N+](=O)[O-])o1. The van der Waals surface area contributed by atoms with E-state index in [-0.39, 0.29) is 5.76 Å². The average Bonchev–Trinajstić information content (AvgIpc) is 3.12. The lowest BCUT2D eigenvalue weighted by molar-refractivity contribution is -0.402. The summed E-state index contributed by atoms with van der Waals surface area (Å²) < 4.78 is 4.85. The van der Waals surface area contributed by atoms with Crippen LogP contribution in [0.25, 0.3) is 0 Å². The molecule has 0 atom stereocenters. The predicted octanol–water partition coefficient (Wildman–Crippen LogP) is 1.72. The Labute approximate surface area is 120 Å². The van der Waals surface area contributed by atoms with E-state index in [2.05, 4.69) is 10.6 Å². The van der Waals surface area contributed by atoms with Gasteiger partial charge in [-0.25, -0.2) is 0 Å². The van der Waals surface area contributed by atoms with E-state index in [9.17, 15) is 14.9 Å². The molecule has 1 amide bonds. The molecule has 1 aliphatic rings. The first-order chi connectivity index (χ1) is 10.1. The fourth-order valence-corrected chi connectivity index (χ4v) is 2.28. The first-order valence-electron chi connectivity index (χ1n) is 6.47. The normalized spacial score (nSPS) is 13.0. The summed E-state index contributed by atoms with van der Waals surface area (Å²) in [5.74, 6) is -0.977. The Kier molecular flexibility index (Phi) is 3.41. The summed E-state index contributed by atoms with van der Waals surface area (Å²) in [5, 5.41) is 16.4. The zero-order valence-corrected chi connectivity index (χ0v) is 11.1. The summed E-state index contributed by atoms with van der Waals surface area (Å²) in [5.41, 5.74) is 3.48. The molecule has 3 rings (SSSR count). The standard InChI is InChI=1S/C14H13N3O4/c18-14(12-3-4-13(21-12)17(19)20)16-6-9-1-2-10-7-15-8-11(10)5-9/h1-5,15H,6-8H2,(H,16,18). The summed E-state index contributed by atoms with van der Waals surface area (Å²) in [4.78, 5) is 21.7. The Morgan fingerprint density at radius 2 is 2.10 bits per heavy atom. The van der Waals surface area contributed by atoms with Crippen LogP contribution in [0.2, 0.25) is 0 Å². The molecule has 0 saturated heterocycles. The maximum atomic E-state index is 11.8. The minimum atomic E-state index is -0.676. The third-order valence-electron chi connectivity index (χ3n) is 3.35. The Morgan fingerprint density at radius 3 is 2.86 bits per heavy atom. The fourth-order valence-electron chi connectivity index (χ4n) is 2.28. The van der Waals surface area contributed by atoms with Crippen molar-refractivity contribution in [3.63, 3.8) is 0 Å². The van der Waals surface area contributed by atoms with Crippen LogP contribution >= 0.6 is 0 Å². The smallest absolute Gasteiger partial charge is 0.395 e. The van der Waals surface area contributed by atoms with Gasteiger partial charge >= 0.3 is 5.88 Å². The van der Waals surface area contributed by atoms with Gasteiger partial charge in [-0.2, -0.15) is 0 Å². The van der Waals surface area contributed by atoms with Gasteiger partial charge in [0.2, 0.25) is 0 Å².